The Bertz CT molecular complexity index is 1030. The number of aryl methyl sites for hydroxylation is 1. The summed E-state index contributed by atoms with van der Waals surface area (Å²) in [4.78, 5) is 30.8. The van der Waals surface area contributed by atoms with Gasteiger partial charge in [-0.1, -0.05) is 30.3 Å². The van der Waals surface area contributed by atoms with Gasteiger partial charge in [0.1, 0.15) is 5.52 Å². The third-order valence-electron chi connectivity index (χ3n) is 4.92. The lowest BCUT2D eigenvalue weighted by Gasteiger charge is -2.16. The average Bonchev–Trinajstić information content (AvgIpc) is 3.23. The minimum Gasteiger partial charge on any atom is -0.342 e. The quantitative estimate of drug-likeness (QED) is 0.713. The van der Waals surface area contributed by atoms with E-state index in [4.69, 9.17) is 0 Å². The third-order valence-corrected chi connectivity index (χ3v) is 5.84. The average molecular weight is 397 g/mol. The Hall–Kier alpha value is -2.80. The minimum atomic E-state index is -0.455. The highest BCUT2D eigenvalue weighted by molar-refractivity contribution is 7.18. The van der Waals surface area contributed by atoms with Crippen molar-refractivity contribution in [3.63, 3.8) is 0 Å². The van der Waals surface area contributed by atoms with Crippen molar-refractivity contribution < 1.29 is 14.0 Å². The molecule has 0 radical (unpaired) electrons. The van der Waals surface area contributed by atoms with Crippen LogP contribution < -0.4 is 5.32 Å². The number of nitrogens with one attached hydrogen (secondary N) is 1. The van der Waals surface area contributed by atoms with Crippen LogP contribution in [0.5, 0.6) is 0 Å². The number of anilines is 1. The summed E-state index contributed by atoms with van der Waals surface area (Å²) >= 11 is 1.38. The number of halogens is 1. The van der Waals surface area contributed by atoms with Crippen LogP contribution in [-0.2, 0) is 16.0 Å². The van der Waals surface area contributed by atoms with E-state index in [0.29, 0.717) is 29.0 Å². The molecule has 1 aliphatic heterocycles. The smallest absolute Gasteiger partial charge is 0.229 e. The third kappa shape index (κ3) is 3.89. The molecule has 1 fully saturated rings. The lowest BCUT2D eigenvalue weighted by atomic mass is 10.1. The number of nitrogens with zero attached hydrogens (tertiary/aromatic N) is 2. The molecule has 1 aromatic heterocycles. The number of benzene rings is 2. The number of hydrogen-bond acceptors (Lipinski definition) is 4. The second kappa shape index (κ2) is 7.67. The Morgan fingerprint density at radius 3 is 2.89 bits per heavy atom. The number of carbonyl (C=O) groups is 2. The maximum Gasteiger partial charge on any atom is 0.229 e. The van der Waals surface area contributed by atoms with Crippen LogP contribution in [0.3, 0.4) is 0 Å². The Morgan fingerprint density at radius 1 is 1.32 bits per heavy atom. The second-order valence-corrected chi connectivity index (χ2v) is 8.24. The predicted molar refractivity (Wildman–Crippen MR) is 108 cm³/mol. The summed E-state index contributed by atoms with van der Waals surface area (Å²) in [6.45, 7) is 2.80. The van der Waals surface area contributed by atoms with Crippen LogP contribution >= 0.6 is 11.3 Å². The first-order chi connectivity index (χ1) is 13.5. The van der Waals surface area contributed by atoms with Crippen molar-refractivity contribution in [2.45, 2.75) is 19.8 Å². The van der Waals surface area contributed by atoms with Gasteiger partial charge in [-0.3, -0.25) is 9.59 Å². The van der Waals surface area contributed by atoms with Gasteiger partial charge in [0.2, 0.25) is 11.8 Å². The molecular weight excluding hydrogens is 377 g/mol. The molecule has 2 aromatic carbocycles. The molecule has 1 atom stereocenters. The molecule has 2 amide bonds. The highest BCUT2D eigenvalue weighted by Gasteiger charge is 2.34. The lowest BCUT2D eigenvalue weighted by molar-refractivity contribution is -0.128. The monoisotopic (exact) mass is 397 g/mol. The lowest BCUT2D eigenvalue weighted by Crippen LogP contribution is -2.30. The Labute approximate surface area is 166 Å². The number of carbonyl (C=O) groups excluding carboxylic acids is 2. The van der Waals surface area contributed by atoms with E-state index in [2.05, 4.69) is 10.3 Å². The summed E-state index contributed by atoms with van der Waals surface area (Å²) in [6, 6.07) is 13.0. The summed E-state index contributed by atoms with van der Waals surface area (Å²) < 4.78 is 14.9. The van der Waals surface area contributed by atoms with Crippen molar-refractivity contribution in [1.82, 2.24) is 9.88 Å². The molecule has 0 saturated carbocycles. The molecule has 4 rings (SSSR count). The first-order valence-electron chi connectivity index (χ1n) is 9.19. The topological polar surface area (TPSA) is 62.3 Å². The van der Waals surface area contributed by atoms with Crippen LogP contribution in [0.15, 0.2) is 42.5 Å². The Kier molecular flexibility index (Phi) is 5.09. The van der Waals surface area contributed by atoms with E-state index >= 15 is 0 Å². The standard InChI is InChI=1S/C21H20FN3O2S/c1-13-23-20-17(22)10-16(11-18(20)28-13)24-21(27)15-9-19(26)25(12-15)8-7-14-5-3-2-4-6-14/h2-6,10-11,15H,7-9,12H2,1H3,(H,24,27). The molecule has 28 heavy (non-hydrogen) atoms. The molecule has 0 aliphatic carbocycles. The number of fused-ring (bicyclic) bond motifs is 1. The zero-order chi connectivity index (χ0) is 19.7. The normalized spacial score (nSPS) is 16.7. The fourth-order valence-electron chi connectivity index (χ4n) is 3.49. The Morgan fingerprint density at radius 2 is 2.11 bits per heavy atom. The maximum atomic E-state index is 14.2. The van der Waals surface area contributed by atoms with Gasteiger partial charge in [-0.25, -0.2) is 9.37 Å². The van der Waals surface area contributed by atoms with Crippen LogP contribution in [-0.4, -0.2) is 34.8 Å². The van der Waals surface area contributed by atoms with E-state index in [9.17, 15) is 14.0 Å². The molecule has 0 spiro atoms. The number of likely N-dealkylation sites (tertiary alicyclic amines) is 1. The predicted octanol–water partition coefficient (Wildman–Crippen LogP) is 3.77. The molecule has 1 unspecified atom stereocenters. The van der Waals surface area contributed by atoms with Crippen LogP contribution in [0.25, 0.3) is 10.2 Å². The highest BCUT2D eigenvalue weighted by atomic mass is 32.1. The van der Waals surface area contributed by atoms with Gasteiger partial charge in [-0.05, 0) is 31.0 Å². The van der Waals surface area contributed by atoms with Gasteiger partial charge in [-0.2, -0.15) is 0 Å². The van der Waals surface area contributed by atoms with Crippen LogP contribution in [0.2, 0.25) is 0 Å². The summed E-state index contributed by atoms with van der Waals surface area (Å²) in [5, 5.41) is 3.53. The first-order valence-corrected chi connectivity index (χ1v) is 10.0. The van der Waals surface area contributed by atoms with Gasteiger partial charge in [0.25, 0.3) is 0 Å². The zero-order valence-corrected chi connectivity index (χ0v) is 16.3. The fourth-order valence-corrected chi connectivity index (χ4v) is 4.37. The van der Waals surface area contributed by atoms with E-state index in [-0.39, 0.29) is 18.2 Å². The first kappa shape index (κ1) is 18.6. The second-order valence-electron chi connectivity index (χ2n) is 7.00. The van der Waals surface area contributed by atoms with Gasteiger partial charge in [0, 0.05) is 25.2 Å². The van der Waals surface area contributed by atoms with E-state index < -0.39 is 11.7 Å². The summed E-state index contributed by atoms with van der Waals surface area (Å²) in [5.41, 5.74) is 1.88. The van der Waals surface area contributed by atoms with Gasteiger partial charge >= 0.3 is 0 Å². The largest absolute Gasteiger partial charge is 0.342 e. The molecule has 3 aromatic rings. The molecule has 0 bridgehead atoms. The number of thiazole rings is 1. The molecular formula is C21H20FN3O2S. The van der Waals surface area contributed by atoms with Crippen LogP contribution in [0.1, 0.15) is 17.0 Å². The van der Waals surface area contributed by atoms with Gasteiger partial charge < -0.3 is 10.2 Å². The highest BCUT2D eigenvalue weighted by Crippen LogP contribution is 2.28. The zero-order valence-electron chi connectivity index (χ0n) is 15.4. The molecule has 2 heterocycles. The number of aromatic nitrogens is 1. The van der Waals surface area contributed by atoms with E-state index in [1.807, 2.05) is 37.3 Å². The fraction of sp³-hybridized carbons (Fsp3) is 0.286. The van der Waals surface area contributed by atoms with Crippen molar-refractivity contribution in [3.05, 3.63) is 58.9 Å². The van der Waals surface area contributed by atoms with Crippen LogP contribution in [0.4, 0.5) is 10.1 Å². The molecule has 1 saturated heterocycles. The number of amides is 2. The Balaban J connectivity index is 1.39. The summed E-state index contributed by atoms with van der Waals surface area (Å²) in [5.74, 6) is -1.15. The van der Waals surface area contributed by atoms with E-state index in [0.717, 1.165) is 17.0 Å². The SMILES string of the molecule is Cc1nc2c(F)cc(NC(=O)C3CC(=O)N(CCc4ccccc4)C3)cc2s1. The van der Waals surface area contributed by atoms with Gasteiger partial charge in [0.05, 0.1) is 15.6 Å². The van der Waals surface area contributed by atoms with Crippen molar-refractivity contribution in [2.24, 2.45) is 5.92 Å². The van der Waals surface area contributed by atoms with Crippen molar-refractivity contribution >= 4 is 39.1 Å². The number of hydrogen-bond donors (Lipinski definition) is 1. The summed E-state index contributed by atoms with van der Waals surface area (Å²) in [7, 11) is 0. The number of rotatable bonds is 5. The molecule has 1 aliphatic rings. The minimum absolute atomic E-state index is 0.0178. The van der Waals surface area contributed by atoms with Crippen LogP contribution in [0, 0.1) is 18.7 Å². The van der Waals surface area contributed by atoms with E-state index in [1.165, 1.54) is 17.4 Å². The maximum absolute atomic E-state index is 14.2. The van der Waals surface area contributed by atoms with Gasteiger partial charge in [0.15, 0.2) is 5.82 Å². The molecule has 144 valence electrons. The van der Waals surface area contributed by atoms with Crippen molar-refractivity contribution in [2.75, 3.05) is 18.4 Å². The van der Waals surface area contributed by atoms with Crippen molar-refractivity contribution in [1.29, 1.82) is 0 Å². The van der Waals surface area contributed by atoms with Crippen molar-refractivity contribution in [3.8, 4) is 0 Å². The summed E-state index contributed by atoms with van der Waals surface area (Å²) in [6.07, 6.45) is 0.943. The van der Waals surface area contributed by atoms with Gasteiger partial charge in [-0.15, -0.1) is 11.3 Å². The molecule has 5 nitrogen and oxygen atoms in total. The van der Waals surface area contributed by atoms with E-state index in [1.54, 1.807) is 11.0 Å². The molecule has 1 N–H and O–H groups in total. The molecule has 7 heteroatoms.